The summed E-state index contributed by atoms with van der Waals surface area (Å²) < 4.78 is 42.1. The minimum Gasteiger partial charge on any atom is -0.497 e. The van der Waals surface area contributed by atoms with Gasteiger partial charge in [-0.1, -0.05) is 13.8 Å². The molecule has 8 nitrogen and oxygen atoms in total. The molecule has 3 aromatic rings. The van der Waals surface area contributed by atoms with Gasteiger partial charge in [-0.25, -0.2) is 18.0 Å². The van der Waals surface area contributed by atoms with E-state index >= 15 is 0 Å². The molecule has 0 saturated carbocycles. The molecule has 2 aromatic carbocycles. The topological polar surface area (TPSA) is 103 Å². The molecule has 0 aliphatic carbocycles. The Morgan fingerprint density at radius 1 is 1.03 bits per heavy atom. The summed E-state index contributed by atoms with van der Waals surface area (Å²) in [5.41, 5.74) is 0.442. The summed E-state index contributed by atoms with van der Waals surface area (Å²) >= 11 is 0. The Morgan fingerprint density at radius 2 is 1.71 bits per heavy atom. The van der Waals surface area contributed by atoms with Crippen LogP contribution in [0.15, 0.2) is 62.6 Å². The minimum absolute atomic E-state index is 0.105. The lowest BCUT2D eigenvalue weighted by Gasteiger charge is -2.18. The maximum absolute atomic E-state index is 12.6. The second kappa shape index (κ2) is 9.32. The molecule has 0 unspecified atom stereocenters. The van der Waals surface area contributed by atoms with Crippen molar-refractivity contribution in [1.29, 1.82) is 0 Å². The Balaban J connectivity index is 1.78. The van der Waals surface area contributed by atoms with E-state index < -0.39 is 21.6 Å². The van der Waals surface area contributed by atoms with E-state index in [0.717, 1.165) is 0 Å². The molecule has 0 atom stereocenters. The van der Waals surface area contributed by atoms with Crippen LogP contribution in [0.4, 0.5) is 0 Å². The first-order valence-corrected chi connectivity index (χ1v) is 11.1. The van der Waals surface area contributed by atoms with Gasteiger partial charge in [0.15, 0.2) is 0 Å². The zero-order valence-electron chi connectivity index (χ0n) is 17.5. The maximum atomic E-state index is 12.6. The van der Waals surface area contributed by atoms with E-state index in [4.69, 9.17) is 13.9 Å². The second-order valence-electron chi connectivity index (χ2n) is 6.64. The molecule has 1 aromatic heterocycles. The quantitative estimate of drug-likeness (QED) is 0.387. The van der Waals surface area contributed by atoms with E-state index in [2.05, 4.69) is 0 Å². The van der Waals surface area contributed by atoms with Crippen molar-refractivity contribution in [1.82, 2.24) is 4.31 Å². The van der Waals surface area contributed by atoms with Crippen LogP contribution in [0.2, 0.25) is 0 Å². The number of ether oxygens (including phenoxy) is 2. The van der Waals surface area contributed by atoms with Crippen LogP contribution in [0.3, 0.4) is 0 Å². The predicted molar refractivity (Wildman–Crippen MR) is 115 cm³/mol. The molecule has 0 saturated heterocycles. The third kappa shape index (κ3) is 4.78. The molecule has 31 heavy (non-hydrogen) atoms. The highest BCUT2D eigenvalue weighted by molar-refractivity contribution is 7.89. The number of methoxy groups -OCH3 is 1. The van der Waals surface area contributed by atoms with Crippen molar-refractivity contribution in [3.05, 3.63) is 70.1 Å². The number of carbonyl (C=O) groups is 1. The van der Waals surface area contributed by atoms with Crippen molar-refractivity contribution in [3.8, 4) is 5.75 Å². The molecule has 9 heteroatoms. The summed E-state index contributed by atoms with van der Waals surface area (Å²) in [6, 6.07) is 11.8. The van der Waals surface area contributed by atoms with Crippen molar-refractivity contribution in [3.63, 3.8) is 0 Å². The van der Waals surface area contributed by atoms with Crippen molar-refractivity contribution >= 4 is 27.0 Å². The second-order valence-corrected chi connectivity index (χ2v) is 8.58. The van der Waals surface area contributed by atoms with Crippen LogP contribution in [0.25, 0.3) is 11.0 Å². The van der Waals surface area contributed by atoms with Gasteiger partial charge in [0.25, 0.3) is 0 Å². The van der Waals surface area contributed by atoms with Gasteiger partial charge in [-0.2, -0.15) is 4.31 Å². The fourth-order valence-electron chi connectivity index (χ4n) is 3.16. The smallest absolute Gasteiger partial charge is 0.338 e. The molecule has 0 aliphatic rings. The number of hydrogen-bond donors (Lipinski definition) is 0. The van der Waals surface area contributed by atoms with E-state index in [1.165, 1.54) is 41.7 Å². The van der Waals surface area contributed by atoms with Crippen molar-refractivity contribution in [2.24, 2.45) is 0 Å². The van der Waals surface area contributed by atoms with E-state index in [9.17, 15) is 18.0 Å². The highest BCUT2D eigenvalue weighted by Gasteiger charge is 2.22. The number of nitrogens with zero attached hydrogens (tertiary/aromatic N) is 1. The van der Waals surface area contributed by atoms with Gasteiger partial charge in [-0.05, 0) is 36.4 Å². The van der Waals surface area contributed by atoms with Crippen LogP contribution in [-0.2, 0) is 21.4 Å². The zero-order valence-corrected chi connectivity index (χ0v) is 18.3. The van der Waals surface area contributed by atoms with Gasteiger partial charge in [0.05, 0.1) is 17.6 Å². The SMILES string of the molecule is CCN(CC)S(=O)(=O)c1ccc(C(=O)OCc2cc(=O)oc3cc(OC)ccc23)cc1. The maximum Gasteiger partial charge on any atom is 0.338 e. The third-order valence-corrected chi connectivity index (χ3v) is 6.89. The van der Waals surface area contributed by atoms with Crippen LogP contribution >= 0.6 is 0 Å². The van der Waals surface area contributed by atoms with Crippen LogP contribution < -0.4 is 10.4 Å². The summed E-state index contributed by atoms with van der Waals surface area (Å²) in [6.07, 6.45) is 0. The zero-order chi connectivity index (χ0) is 22.6. The number of rotatable bonds is 8. The van der Waals surface area contributed by atoms with Crippen LogP contribution in [0, 0.1) is 0 Å². The summed E-state index contributed by atoms with van der Waals surface area (Å²) in [6.45, 7) is 4.08. The van der Waals surface area contributed by atoms with Gasteiger partial charge < -0.3 is 13.9 Å². The van der Waals surface area contributed by atoms with Gasteiger partial charge in [0.1, 0.15) is 17.9 Å². The van der Waals surface area contributed by atoms with Crippen LogP contribution in [-0.4, -0.2) is 38.9 Å². The fraction of sp³-hybridized carbons (Fsp3) is 0.273. The van der Waals surface area contributed by atoms with Gasteiger partial charge in [0, 0.05) is 36.2 Å². The Bertz CT molecular complexity index is 1240. The van der Waals surface area contributed by atoms with Crippen molar-refractivity contribution < 1.29 is 27.1 Å². The molecule has 164 valence electrons. The Hall–Kier alpha value is -3.17. The lowest BCUT2D eigenvalue weighted by molar-refractivity contribution is 0.0473. The number of fused-ring (bicyclic) bond motifs is 1. The number of carbonyl (C=O) groups excluding carboxylic acids is 1. The molecule has 3 rings (SSSR count). The number of esters is 1. The van der Waals surface area contributed by atoms with Gasteiger partial charge >= 0.3 is 11.6 Å². The molecule has 0 spiro atoms. The Morgan fingerprint density at radius 3 is 2.32 bits per heavy atom. The molecular formula is C22H23NO7S. The average Bonchev–Trinajstić information content (AvgIpc) is 2.77. The molecular weight excluding hydrogens is 422 g/mol. The first-order valence-electron chi connectivity index (χ1n) is 9.68. The fourth-order valence-corrected chi connectivity index (χ4v) is 4.62. The molecule has 0 radical (unpaired) electrons. The van der Waals surface area contributed by atoms with E-state index in [1.54, 1.807) is 32.0 Å². The number of sulfonamides is 1. The number of hydrogen-bond acceptors (Lipinski definition) is 7. The van der Waals surface area contributed by atoms with Gasteiger partial charge in [0.2, 0.25) is 10.0 Å². The first-order chi connectivity index (χ1) is 14.8. The van der Waals surface area contributed by atoms with Gasteiger partial charge in [-0.15, -0.1) is 0 Å². The monoisotopic (exact) mass is 445 g/mol. The van der Waals surface area contributed by atoms with E-state index in [-0.39, 0.29) is 17.1 Å². The summed E-state index contributed by atoms with van der Waals surface area (Å²) in [5, 5.41) is 0.619. The Labute approximate surface area is 180 Å². The molecule has 0 aliphatic heterocycles. The van der Waals surface area contributed by atoms with Crippen molar-refractivity contribution in [2.75, 3.05) is 20.2 Å². The summed E-state index contributed by atoms with van der Waals surface area (Å²) in [7, 11) is -2.10. The van der Waals surface area contributed by atoms with E-state index in [1.807, 2.05) is 0 Å². The molecule has 1 heterocycles. The summed E-state index contributed by atoms with van der Waals surface area (Å²) in [5.74, 6) is -0.105. The lowest BCUT2D eigenvalue weighted by atomic mass is 10.1. The average molecular weight is 445 g/mol. The van der Waals surface area contributed by atoms with Crippen molar-refractivity contribution in [2.45, 2.75) is 25.3 Å². The predicted octanol–water partition coefficient (Wildman–Crippen LogP) is 3.19. The lowest BCUT2D eigenvalue weighted by Crippen LogP contribution is -2.30. The summed E-state index contributed by atoms with van der Waals surface area (Å²) in [4.78, 5) is 24.4. The normalized spacial score (nSPS) is 11.6. The molecule has 0 bridgehead atoms. The molecule has 0 amide bonds. The van der Waals surface area contributed by atoms with E-state index in [0.29, 0.717) is 35.4 Å². The van der Waals surface area contributed by atoms with Crippen LogP contribution in [0.1, 0.15) is 29.8 Å². The standard InChI is InChI=1S/C22H23NO7S/c1-4-23(5-2)31(26,27)18-9-6-15(7-10-18)22(25)29-14-16-12-21(24)30-20-13-17(28-3)8-11-19(16)20/h6-13H,4-5,14H2,1-3H3. The number of benzene rings is 2. The molecule has 0 fully saturated rings. The molecule has 0 N–H and O–H groups in total. The largest absolute Gasteiger partial charge is 0.497 e. The highest BCUT2D eigenvalue weighted by Crippen LogP contribution is 2.23. The minimum atomic E-state index is -3.61. The van der Waals surface area contributed by atoms with Gasteiger partial charge in [-0.3, -0.25) is 0 Å². The third-order valence-electron chi connectivity index (χ3n) is 4.83. The first kappa shape index (κ1) is 22.5. The highest BCUT2D eigenvalue weighted by atomic mass is 32.2. The van der Waals surface area contributed by atoms with Crippen LogP contribution in [0.5, 0.6) is 5.75 Å². The Kier molecular flexibility index (Phi) is 6.77.